The number of aromatic nitrogens is 1. The second kappa shape index (κ2) is 8.54. The lowest BCUT2D eigenvalue weighted by atomic mass is 10.0. The summed E-state index contributed by atoms with van der Waals surface area (Å²) in [6.07, 6.45) is 3.32. The van der Waals surface area contributed by atoms with Crippen molar-refractivity contribution in [1.29, 1.82) is 0 Å². The van der Waals surface area contributed by atoms with Gasteiger partial charge in [-0.2, -0.15) is 0 Å². The number of hydrogen-bond acceptors (Lipinski definition) is 4. The number of hydrogen-bond donors (Lipinski definition) is 1. The Morgan fingerprint density at radius 1 is 1.36 bits per heavy atom. The first-order valence-electron chi connectivity index (χ1n) is 8.88. The molecule has 4 nitrogen and oxygen atoms in total. The van der Waals surface area contributed by atoms with Gasteiger partial charge in [0.15, 0.2) is 0 Å². The summed E-state index contributed by atoms with van der Waals surface area (Å²) in [6, 6.07) is 6.99. The first kappa shape index (κ1) is 18.0. The van der Waals surface area contributed by atoms with Gasteiger partial charge in [0.25, 0.3) is 5.91 Å². The number of benzene rings is 1. The minimum atomic E-state index is -0.229. The number of rotatable bonds is 6. The SMILES string of the molecule is CCCN(C(=O)c1csc(Cc2ccccc2F)n1)C1CCNCC1. The summed E-state index contributed by atoms with van der Waals surface area (Å²) < 4.78 is 13.8. The number of halogens is 1. The topological polar surface area (TPSA) is 45.2 Å². The molecule has 6 heteroatoms. The smallest absolute Gasteiger partial charge is 0.273 e. The number of carbonyl (C=O) groups excluding carboxylic acids is 1. The van der Waals surface area contributed by atoms with Gasteiger partial charge >= 0.3 is 0 Å². The van der Waals surface area contributed by atoms with Crippen LogP contribution in [-0.2, 0) is 6.42 Å². The molecule has 1 aliphatic rings. The number of carbonyl (C=O) groups is 1. The van der Waals surface area contributed by atoms with Crippen molar-refractivity contribution in [1.82, 2.24) is 15.2 Å². The molecule has 0 saturated carbocycles. The van der Waals surface area contributed by atoms with Crippen molar-refractivity contribution in [2.45, 2.75) is 38.6 Å². The third kappa shape index (κ3) is 4.44. The molecular formula is C19H24FN3OS. The van der Waals surface area contributed by atoms with Crippen LogP contribution in [0.3, 0.4) is 0 Å². The highest BCUT2D eigenvalue weighted by atomic mass is 32.1. The molecule has 1 amide bonds. The van der Waals surface area contributed by atoms with Gasteiger partial charge in [0.05, 0.1) is 5.01 Å². The van der Waals surface area contributed by atoms with Gasteiger partial charge in [-0.1, -0.05) is 25.1 Å². The molecule has 0 unspecified atom stereocenters. The first-order valence-corrected chi connectivity index (χ1v) is 9.76. The Morgan fingerprint density at radius 3 is 2.84 bits per heavy atom. The molecular weight excluding hydrogens is 337 g/mol. The van der Waals surface area contributed by atoms with E-state index in [0.717, 1.165) is 43.9 Å². The molecule has 1 aromatic heterocycles. The van der Waals surface area contributed by atoms with Crippen molar-refractivity contribution in [2.24, 2.45) is 0 Å². The van der Waals surface area contributed by atoms with E-state index < -0.39 is 0 Å². The third-order valence-corrected chi connectivity index (χ3v) is 5.39. The summed E-state index contributed by atoms with van der Waals surface area (Å²) in [5.41, 5.74) is 1.10. The van der Waals surface area contributed by atoms with E-state index >= 15 is 0 Å². The summed E-state index contributed by atoms with van der Waals surface area (Å²) in [5, 5.41) is 5.92. The van der Waals surface area contributed by atoms with Gasteiger partial charge in [-0.05, 0) is 44.0 Å². The fourth-order valence-corrected chi connectivity index (χ4v) is 4.04. The van der Waals surface area contributed by atoms with E-state index in [2.05, 4.69) is 17.2 Å². The van der Waals surface area contributed by atoms with Crippen LogP contribution >= 0.6 is 11.3 Å². The average Bonchev–Trinajstić information content (AvgIpc) is 3.10. The molecule has 25 heavy (non-hydrogen) atoms. The highest BCUT2D eigenvalue weighted by Crippen LogP contribution is 2.20. The molecule has 1 saturated heterocycles. The summed E-state index contributed by atoms with van der Waals surface area (Å²) >= 11 is 1.43. The van der Waals surface area contributed by atoms with E-state index in [4.69, 9.17) is 0 Å². The molecule has 1 N–H and O–H groups in total. The molecule has 0 spiro atoms. The van der Waals surface area contributed by atoms with Crippen LogP contribution in [0.1, 0.15) is 47.2 Å². The highest BCUT2D eigenvalue weighted by molar-refractivity contribution is 7.09. The molecule has 0 aliphatic carbocycles. The van der Waals surface area contributed by atoms with Gasteiger partial charge < -0.3 is 10.2 Å². The molecule has 0 atom stereocenters. The molecule has 2 aromatic rings. The quantitative estimate of drug-likeness (QED) is 0.857. The number of nitrogens with one attached hydrogen (secondary N) is 1. The maximum Gasteiger partial charge on any atom is 0.273 e. The minimum absolute atomic E-state index is 0.00443. The Balaban J connectivity index is 1.73. The second-order valence-corrected chi connectivity index (χ2v) is 7.32. The summed E-state index contributed by atoms with van der Waals surface area (Å²) in [6.45, 7) is 4.75. The van der Waals surface area contributed by atoms with Crippen molar-refractivity contribution >= 4 is 17.2 Å². The lowest BCUT2D eigenvalue weighted by Gasteiger charge is -2.34. The Kier molecular flexibility index (Phi) is 6.15. The zero-order valence-electron chi connectivity index (χ0n) is 14.5. The molecule has 1 aromatic carbocycles. The van der Waals surface area contributed by atoms with Gasteiger partial charge in [0, 0.05) is 24.4 Å². The van der Waals surface area contributed by atoms with Crippen molar-refractivity contribution in [2.75, 3.05) is 19.6 Å². The van der Waals surface area contributed by atoms with Gasteiger partial charge in [0.1, 0.15) is 11.5 Å². The minimum Gasteiger partial charge on any atom is -0.334 e. The Labute approximate surface area is 152 Å². The van der Waals surface area contributed by atoms with E-state index in [-0.39, 0.29) is 17.8 Å². The molecule has 2 heterocycles. The molecule has 1 fully saturated rings. The molecule has 1 aliphatic heterocycles. The van der Waals surface area contributed by atoms with E-state index in [1.54, 1.807) is 12.1 Å². The first-order chi connectivity index (χ1) is 12.2. The van der Waals surface area contributed by atoms with E-state index in [0.29, 0.717) is 17.7 Å². The molecule has 0 bridgehead atoms. The lowest BCUT2D eigenvalue weighted by Crippen LogP contribution is -2.46. The third-order valence-electron chi connectivity index (χ3n) is 4.55. The number of thiazole rings is 1. The van der Waals surface area contributed by atoms with Crippen molar-refractivity contribution in [3.8, 4) is 0 Å². The predicted octanol–water partition coefficient (Wildman–Crippen LogP) is 3.48. The van der Waals surface area contributed by atoms with E-state index in [1.807, 2.05) is 16.3 Å². The van der Waals surface area contributed by atoms with Crippen molar-refractivity contribution < 1.29 is 9.18 Å². The van der Waals surface area contributed by atoms with Gasteiger partial charge in [-0.25, -0.2) is 9.37 Å². The van der Waals surface area contributed by atoms with Crippen LogP contribution in [0.5, 0.6) is 0 Å². The zero-order valence-corrected chi connectivity index (χ0v) is 15.3. The zero-order chi connectivity index (χ0) is 17.6. The number of amides is 1. The van der Waals surface area contributed by atoms with Crippen LogP contribution in [0.2, 0.25) is 0 Å². The van der Waals surface area contributed by atoms with Crippen LogP contribution in [0, 0.1) is 5.82 Å². The fourth-order valence-electron chi connectivity index (χ4n) is 3.25. The Morgan fingerprint density at radius 2 is 2.12 bits per heavy atom. The standard InChI is InChI=1S/C19H24FN3OS/c1-2-11-23(15-7-9-21-10-8-15)19(24)17-13-25-18(22-17)12-14-5-3-4-6-16(14)20/h3-6,13,15,21H,2,7-12H2,1H3. The molecule has 0 radical (unpaired) electrons. The van der Waals surface area contributed by atoms with Crippen LogP contribution in [0.15, 0.2) is 29.6 Å². The number of piperidine rings is 1. The van der Waals surface area contributed by atoms with Gasteiger partial charge in [-0.15, -0.1) is 11.3 Å². The summed E-state index contributed by atoms with van der Waals surface area (Å²) in [7, 11) is 0. The van der Waals surface area contributed by atoms with E-state index in [9.17, 15) is 9.18 Å². The number of nitrogens with zero attached hydrogens (tertiary/aromatic N) is 2. The Hall–Kier alpha value is -1.79. The molecule has 3 rings (SSSR count). The predicted molar refractivity (Wildman–Crippen MR) is 98.5 cm³/mol. The van der Waals surface area contributed by atoms with Crippen LogP contribution in [0.25, 0.3) is 0 Å². The average molecular weight is 361 g/mol. The lowest BCUT2D eigenvalue weighted by molar-refractivity contribution is 0.0637. The van der Waals surface area contributed by atoms with Crippen molar-refractivity contribution in [3.63, 3.8) is 0 Å². The Bertz CT molecular complexity index is 712. The summed E-state index contributed by atoms with van der Waals surface area (Å²) in [5.74, 6) is -0.224. The van der Waals surface area contributed by atoms with E-state index in [1.165, 1.54) is 17.4 Å². The van der Waals surface area contributed by atoms with Crippen molar-refractivity contribution in [3.05, 3.63) is 51.7 Å². The summed E-state index contributed by atoms with van der Waals surface area (Å²) in [4.78, 5) is 19.4. The van der Waals surface area contributed by atoms with Crippen LogP contribution < -0.4 is 5.32 Å². The van der Waals surface area contributed by atoms with Crippen LogP contribution in [-0.4, -0.2) is 41.5 Å². The maximum atomic E-state index is 13.8. The van der Waals surface area contributed by atoms with Gasteiger partial charge in [0.2, 0.25) is 0 Å². The highest BCUT2D eigenvalue weighted by Gasteiger charge is 2.27. The maximum absolute atomic E-state index is 13.8. The monoisotopic (exact) mass is 361 g/mol. The largest absolute Gasteiger partial charge is 0.334 e. The molecule has 134 valence electrons. The van der Waals surface area contributed by atoms with Crippen LogP contribution in [0.4, 0.5) is 4.39 Å². The van der Waals surface area contributed by atoms with Gasteiger partial charge in [-0.3, -0.25) is 4.79 Å². The normalized spacial score (nSPS) is 15.3. The fraction of sp³-hybridized carbons (Fsp3) is 0.474. The second-order valence-electron chi connectivity index (χ2n) is 6.37.